The van der Waals surface area contributed by atoms with Gasteiger partial charge in [-0.2, -0.15) is 0 Å². The topological polar surface area (TPSA) is 9.23 Å². The van der Waals surface area contributed by atoms with Crippen LogP contribution in [0.1, 0.15) is 63.1 Å². The second-order valence-electron chi connectivity index (χ2n) is 5.54. The minimum atomic E-state index is 0.343. The van der Waals surface area contributed by atoms with Crippen molar-refractivity contribution < 1.29 is 4.74 Å². The van der Waals surface area contributed by atoms with Crippen molar-refractivity contribution >= 4 is 0 Å². The first-order valence-electron chi connectivity index (χ1n) is 6.32. The molecule has 0 saturated heterocycles. The van der Waals surface area contributed by atoms with Crippen molar-refractivity contribution in [3.05, 3.63) is 28.8 Å². The molecule has 1 unspecified atom stereocenters. The molecule has 0 spiro atoms. The van der Waals surface area contributed by atoms with E-state index in [0.29, 0.717) is 17.9 Å². The maximum Gasteiger partial charge on any atom is 0.126 e. The first-order chi connectivity index (χ1) is 7.49. The van der Waals surface area contributed by atoms with Crippen molar-refractivity contribution in [3.63, 3.8) is 0 Å². The van der Waals surface area contributed by atoms with Crippen LogP contribution in [-0.4, -0.2) is 6.10 Å². The number of rotatable bonds is 2. The summed E-state index contributed by atoms with van der Waals surface area (Å²) in [6.45, 7) is 11.1. The van der Waals surface area contributed by atoms with Crippen LogP contribution in [0.25, 0.3) is 0 Å². The van der Waals surface area contributed by atoms with Crippen molar-refractivity contribution in [2.24, 2.45) is 0 Å². The standard InChI is InChI=1S/C15H22O/c1-9(2)12-7-13-6-11(5)16-15(13)14(8-12)10(3)4/h7-11H,6H2,1-5H3. The summed E-state index contributed by atoms with van der Waals surface area (Å²) < 4.78 is 5.93. The van der Waals surface area contributed by atoms with E-state index in [0.717, 1.165) is 12.2 Å². The third-order valence-corrected chi connectivity index (χ3v) is 3.33. The molecule has 0 amide bonds. The van der Waals surface area contributed by atoms with E-state index >= 15 is 0 Å². The first-order valence-corrected chi connectivity index (χ1v) is 6.32. The van der Waals surface area contributed by atoms with Gasteiger partial charge < -0.3 is 4.74 Å². The minimum Gasteiger partial charge on any atom is -0.490 e. The van der Waals surface area contributed by atoms with Gasteiger partial charge in [0.15, 0.2) is 0 Å². The van der Waals surface area contributed by atoms with Gasteiger partial charge in [-0.05, 0) is 35.4 Å². The van der Waals surface area contributed by atoms with E-state index in [4.69, 9.17) is 4.74 Å². The summed E-state index contributed by atoms with van der Waals surface area (Å²) in [6.07, 6.45) is 1.41. The molecule has 1 heterocycles. The van der Waals surface area contributed by atoms with Crippen molar-refractivity contribution in [1.82, 2.24) is 0 Å². The van der Waals surface area contributed by atoms with Gasteiger partial charge in [0.1, 0.15) is 11.9 Å². The molecule has 0 N–H and O–H groups in total. The molecule has 1 aromatic carbocycles. The summed E-state index contributed by atoms with van der Waals surface area (Å²) in [5.74, 6) is 2.29. The van der Waals surface area contributed by atoms with Gasteiger partial charge >= 0.3 is 0 Å². The minimum absolute atomic E-state index is 0.343. The van der Waals surface area contributed by atoms with Crippen molar-refractivity contribution in [2.45, 2.75) is 59.0 Å². The highest BCUT2D eigenvalue weighted by Crippen LogP contribution is 2.38. The van der Waals surface area contributed by atoms with E-state index in [2.05, 4.69) is 46.8 Å². The van der Waals surface area contributed by atoms with E-state index in [1.807, 2.05) is 0 Å². The van der Waals surface area contributed by atoms with Crippen LogP contribution in [-0.2, 0) is 6.42 Å². The fraction of sp³-hybridized carbons (Fsp3) is 0.600. The van der Waals surface area contributed by atoms with Gasteiger partial charge in [-0.15, -0.1) is 0 Å². The molecular weight excluding hydrogens is 196 g/mol. The molecule has 1 heteroatoms. The highest BCUT2D eigenvalue weighted by atomic mass is 16.5. The van der Waals surface area contributed by atoms with E-state index in [-0.39, 0.29) is 0 Å². The maximum atomic E-state index is 5.93. The molecule has 0 radical (unpaired) electrons. The van der Waals surface area contributed by atoms with Gasteiger partial charge in [0.05, 0.1) is 0 Å². The number of benzene rings is 1. The molecule has 1 atom stereocenters. The summed E-state index contributed by atoms with van der Waals surface area (Å²) in [5.41, 5.74) is 4.23. The Balaban J connectivity index is 2.51. The Hall–Kier alpha value is -0.980. The molecule has 0 aromatic heterocycles. The highest BCUT2D eigenvalue weighted by molar-refractivity contribution is 5.49. The van der Waals surface area contributed by atoms with E-state index in [1.165, 1.54) is 16.7 Å². The second kappa shape index (κ2) is 4.12. The predicted molar refractivity (Wildman–Crippen MR) is 68.4 cm³/mol. The summed E-state index contributed by atoms with van der Waals surface area (Å²) in [7, 11) is 0. The van der Waals surface area contributed by atoms with Crippen molar-refractivity contribution in [2.75, 3.05) is 0 Å². The fourth-order valence-corrected chi connectivity index (χ4v) is 2.35. The smallest absolute Gasteiger partial charge is 0.126 e. The van der Waals surface area contributed by atoms with Crippen LogP contribution in [0.4, 0.5) is 0 Å². The molecule has 0 fully saturated rings. The molecule has 1 nitrogen and oxygen atoms in total. The molecular formula is C15H22O. The molecule has 1 aliphatic heterocycles. The molecule has 88 valence electrons. The van der Waals surface area contributed by atoms with Crippen LogP contribution in [0, 0.1) is 0 Å². The fourth-order valence-electron chi connectivity index (χ4n) is 2.35. The maximum absolute atomic E-state index is 5.93. The van der Waals surface area contributed by atoms with Gasteiger partial charge in [-0.1, -0.05) is 39.8 Å². The quantitative estimate of drug-likeness (QED) is 0.720. The zero-order chi connectivity index (χ0) is 11.9. The SMILES string of the molecule is CC1Cc2cc(C(C)C)cc(C(C)C)c2O1. The van der Waals surface area contributed by atoms with Gasteiger partial charge in [-0.3, -0.25) is 0 Å². The summed E-state index contributed by atoms with van der Waals surface area (Å²) in [6, 6.07) is 4.65. The Bertz CT molecular complexity index is 391. The Morgan fingerprint density at radius 2 is 1.81 bits per heavy atom. The van der Waals surface area contributed by atoms with Gasteiger partial charge in [-0.25, -0.2) is 0 Å². The third-order valence-electron chi connectivity index (χ3n) is 3.33. The third kappa shape index (κ3) is 1.95. The van der Waals surface area contributed by atoms with E-state index in [9.17, 15) is 0 Å². The lowest BCUT2D eigenvalue weighted by Crippen LogP contribution is -2.06. The molecule has 0 bridgehead atoms. The van der Waals surface area contributed by atoms with Crippen LogP contribution < -0.4 is 4.74 Å². The average molecular weight is 218 g/mol. The van der Waals surface area contributed by atoms with Crippen LogP contribution in [0.3, 0.4) is 0 Å². The van der Waals surface area contributed by atoms with Gasteiger partial charge in [0.2, 0.25) is 0 Å². The zero-order valence-corrected chi connectivity index (χ0v) is 11.0. The Morgan fingerprint density at radius 3 is 2.38 bits per heavy atom. The molecule has 0 saturated carbocycles. The Labute approximate surface area is 98.8 Å². The molecule has 2 rings (SSSR count). The highest BCUT2D eigenvalue weighted by Gasteiger charge is 2.24. The van der Waals surface area contributed by atoms with Crippen LogP contribution in [0.2, 0.25) is 0 Å². The number of ether oxygens (including phenoxy) is 1. The lowest BCUT2D eigenvalue weighted by atomic mass is 9.91. The molecule has 1 aromatic rings. The van der Waals surface area contributed by atoms with Crippen LogP contribution >= 0.6 is 0 Å². The normalized spacial score (nSPS) is 19.1. The number of hydrogen-bond donors (Lipinski definition) is 0. The summed E-state index contributed by atoms with van der Waals surface area (Å²) in [5, 5.41) is 0. The van der Waals surface area contributed by atoms with Crippen LogP contribution in [0.15, 0.2) is 12.1 Å². The molecule has 0 aliphatic carbocycles. The second-order valence-corrected chi connectivity index (χ2v) is 5.54. The Kier molecular flexibility index (Phi) is 2.96. The van der Waals surface area contributed by atoms with E-state index in [1.54, 1.807) is 0 Å². The lowest BCUT2D eigenvalue weighted by molar-refractivity contribution is 0.252. The molecule has 16 heavy (non-hydrogen) atoms. The lowest BCUT2D eigenvalue weighted by Gasteiger charge is -2.16. The van der Waals surface area contributed by atoms with Gasteiger partial charge in [0, 0.05) is 6.42 Å². The molecule has 1 aliphatic rings. The summed E-state index contributed by atoms with van der Waals surface area (Å²) >= 11 is 0. The first kappa shape index (κ1) is 11.5. The van der Waals surface area contributed by atoms with Gasteiger partial charge in [0.25, 0.3) is 0 Å². The summed E-state index contributed by atoms with van der Waals surface area (Å²) in [4.78, 5) is 0. The van der Waals surface area contributed by atoms with Crippen LogP contribution in [0.5, 0.6) is 5.75 Å². The largest absolute Gasteiger partial charge is 0.490 e. The predicted octanol–water partition coefficient (Wildman–Crippen LogP) is 4.26. The Morgan fingerprint density at radius 1 is 1.12 bits per heavy atom. The number of fused-ring (bicyclic) bond motifs is 1. The van der Waals surface area contributed by atoms with Crippen molar-refractivity contribution in [3.8, 4) is 5.75 Å². The van der Waals surface area contributed by atoms with E-state index < -0.39 is 0 Å². The van der Waals surface area contributed by atoms with Crippen molar-refractivity contribution in [1.29, 1.82) is 0 Å². The average Bonchev–Trinajstić information content (AvgIpc) is 2.55. The number of hydrogen-bond acceptors (Lipinski definition) is 1. The monoisotopic (exact) mass is 218 g/mol. The zero-order valence-electron chi connectivity index (χ0n) is 11.0.